The number of non-ortho nitro benzene ring substituents is 1. The first-order chi connectivity index (χ1) is 25.7. The van der Waals surface area contributed by atoms with E-state index in [9.17, 15) is 23.6 Å². The van der Waals surface area contributed by atoms with Crippen LogP contribution in [0.15, 0.2) is 132 Å². The van der Waals surface area contributed by atoms with E-state index in [1.54, 1.807) is 42.5 Å². The second-order valence-electron chi connectivity index (χ2n) is 13.4. The number of sulfonamides is 1. The van der Waals surface area contributed by atoms with Crippen LogP contribution in [-0.4, -0.2) is 62.2 Å². The van der Waals surface area contributed by atoms with Crippen molar-refractivity contribution in [3.8, 4) is 11.1 Å². The van der Waals surface area contributed by atoms with Gasteiger partial charge < -0.3 is 19.5 Å². The summed E-state index contributed by atoms with van der Waals surface area (Å²) in [7, 11) is -3.63. The van der Waals surface area contributed by atoms with Gasteiger partial charge >= 0.3 is 0 Å². The maximum Gasteiger partial charge on any atom is 0.269 e. The van der Waals surface area contributed by atoms with Crippen LogP contribution in [-0.2, 0) is 32.6 Å². The van der Waals surface area contributed by atoms with Gasteiger partial charge in [0.2, 0.25) is 10.0 Å². The third kappa shape index (κ3) is 8.99. The lowest BCUT2D eigenvalue weighted by molar-refractivity contribution is -0.384. The number of hydrogen-bond donors (Lipinski definition) is 2. The van der Waals surface area contributed by atoms with E-state index in [1.165, 1.54) is 0 Å². The van der Waals surface area contributed by atoms with Crippen LogP contribution in [0.2, 0.25) is 0 Å². The third-order valence-electron chi connectivity index (χ3n) is 9.84. The molecule has 5 aromatic rings. The van der Waals surface area contributed by atoms with Gasteiger partial charge in [0.25, 0.3) is 5.69 Å². The molecule has 2 aliphatic heterocycles. The molecule has 2 heterocycles. The molecule has 3 atom stereocenters. The summed E-state index contributed by atoms with van der Waals surface area (Å²) in [6, 6.07) is 38.8. The van der Waals surface area contributed by atoms with E-state index in [0.717, 1.165) is 71.8 Å². The Morgan fingerprint density at radius 1 is 0.755 bits per heavy atom. The number of nitrogens with zero attached hydrogens (tertiary/aromatic N) is 3. The van der Waals surface area contributed by atoms with Crippen molar-refractivity contribution in [2.75, 3.05) is 37.6 Å². The highest BCUT2D eigenvalue weighted by atomic mass is 32.2. The Bertz CT molecular complexity index is 2090. The molecule has 5 aromatic carbocycles. The Hall–Kier alpha value is -4.95. The zero-order chi connectivity index (χ0) is 36.8. The number of rotatable bonds is 12. The van der Waals surface area contributed by atoms with Crippen LogP contribution in [0, 0.1) is 10.1 Å². The predicted molar refractivity (Wildman–Crippen MR) is 203 cm³/mol. The zero-order valence-corrected chi connectivity index (χ0v) is 30.0. The number of benzene rings is 5. The van der Waals surface area contributed by atoms with E-state index >= 15 is 0 Å². The highest BCUT2D eigenvalue weighted by molar-refractivity contribution is 7.89. The molecule has 0 unspecified atom stereocenters. The Morgan fingerprint density at radius 3 is 2.13 bits per heavy atom. The number of anilines is 1. The molecule has 0 radical (unpaired) electrons. The van der Waals surface area contributed by atoms with Gasteiger partial charge in [0.05, 0.1) is 28.6 Å². The molecule has 53 heavy (non-hydrogen) atoms. The highest BCUT2D eigenvalue weighted by Gasteiger charge is 2.34. The summed E-state index contributed by atoms with van der Waals surface area (Å²) >= 11 is 0. The Balaban J connectivity index is 1.02. The average Bonchev–Trinajstić information content (AvgIpc) is 3.21. The van der Waals surface area contributed by atoms with Crippen LogP contribution in [0.5, 0.6) is 0 Å². The molecule has 7 rings (SSSR count). The molecule has 2 N–H and O–H groups in total. The zero-order valence-electron chi connectivity index (χ0n) is 29.2. The fraction of sp³-hybridized carbons (Fsp3) is 0.268. The van der Waals surface area contributed by atoms with Crippen molar-refractivity contribution in [1.82, 2.24) is 9.62 Å². The second-order valence-corrected chi connectivity index (χ2v) is 15.1. The van der Waals surface area contributed by atoms with Crippen molar-refractivity contribution < 1.29 is 27.9 Å². The minimum Gasteiger partial charge on any atom is -0.392 e. The van der Waals surface area contributed by atoms with E-state index in [4.69, 9.17) is 9.47 Å². The molecule has 2 saturated heterocycles. The number of aliphatic hydroxyl groups is 1. The van der Waals surface area contributed by atoms with Crippen LogP contribution in [0.25, 0.3) is 11.1 Å². The minimum absolute atomic E-state index is 0.0232. The van der Waals surface area contributed by atoms with Gasteiger partial charge in [0.1, 0.15) is 0 Å². The van der Waals surface area contributed by atoms with Crippen LogP contribution >= 0.6 is 0 Å². The number of aliphatic hydroxyl groups excluding tert-OH is 1. The number of nitro groups is 1. The lowest BCUT2D eigenvalue weighted by Gasteiger charge is -2.41. The van der Waals surface area contributed by atoms with Crippen molar-refractivity contribution in [1.29, 1.82) is 0 Å². The van der Waals surface area contributed by atoms with Crippen molar-refractivity contribution in [2.45, 2.75) is 43.0 Å². The smallest absolute Gasteiger partial charge is 0.269 e. The van der Waals surface area contributed by atoms with Gasteiger partial charge in [-0.1, -0.05) is 84.9 Å². The predicted octanol–water partition coefficient (Wildman–Crippen LogP) is 6.60. The van der Waals surface area contributed by atoms with E-state index in [1.807, 2.05) is 84.9 Å². The summed E-state index contributed by atoms with van der Waals surface area (Å²) in [4.78, 5) is 15.6. The van der Waals surface area contributed by atoms with Crippen molar-refractivity contribution >= 4 is 21.4 Å². The van der Waals surface area contributed by atoms with Crippen molar-refractivity contribution in [3.05, 3.63) is 160 Å². The van der Waals surface area contributed by atoms with Crippen LogP contribution in [0.3, 0.4) is 0 Å². The number of nitrogens with one attached hydrogen (secondary N) is 1. The Labute approximate surface area is 309 Å². The molecule has 274 valence electrons. The van der Waals surface area contributed by atoms with E-state index in [0.29, 0.717) is 6.42 Å². The summed E-state index contributed by atoms with van der Waals surface area (Å²) in [5.74, 6) is 0. The molecule has 2 fully saturated rings. The molecule has 0 amide bonds. The fourth-order valence-electron chi connectivity index (χ4n) is 6.85. The quantitative estimate of drug-likeness (QED) is 0.107. The van der Waals surface area contributed by atoms with E-state index in [-0.39, 0.29) is 40.9 Å². The first-order valence-electron chi connectivity index (χ1n) is 17.7. The molecule has 11 nitrogen and oxygen atoms in total. The van der Waals surface area contributed by atoms with Gasteiger partial charge in [0, 0.05) is 69.1 Å². The first kappa shape index (κ1) is 36.4. The fourth-order valence-corrected chi connectivity index (χ4v) is 7.89. The van der Waals surface area contributed by atoms with Crippen LogP contribution in [0.1, 0.15) is 41.1 Å². The molecule has 0 bridgehead atoms. The number of piperazine rings is 1. The van der Waals surface area contributed by atoms with Gasteiger partial charge in [-0.2, -0.15) is 0 Å². The largest absolute Gasteiger partial charge is 0.392 e. The summed E-state index contributed by atoms with van der Waals surface area (Å²) in [5, 5.41) is 20.7. The summed E-state index contributed by atoms with van der Waals surface area (Å²) in [6.07, 6.45) is -0.219. The van der Waals surface area contributed by atoms with E-state index < -0.39 is 16.3 Å². The molecule has 2 aliphatic rings. The van der Waals surface area contributed by atoms with Crippen LogP contribution < -0.4 is 9.62 Å². The molecule has 0 aliphatic carbocycles. The topological polar surface area (TPSA) is 134 Å². The lowest BCUT2D eigenvalue weighted by Crippen LogP contribution is -2.49. The maximum atomic E-state index is 12.8. The van der Waals surface area contributed by atoms with Gasteiger partial charge in [-0.15, -0.1) is 0 Å². The summed E-state index contributed by atoms with van der Waals surface area (Å²) in [6.45, 7) is 4.15. The van der Waals surface area contributed by atoms with Gasteiger partial charge in [0.15, 0.2) is 6.29 Å². The second kappa shape index (κ2) is 16.4. The minimum atomic E-state index is -3.63. The lowest BCUT2D eigenvalue weighted by atomic mass is 9.99. The normalized spacial score (nSPS) is 19.6. The summed E-state index contributed by atoms with van der Waals surface area (Å²) in [5.41, 5.74) is 6.62. The third-order valence-corrected chi connectivity index (χ3v) is 11.3. The molecule has 0 aromatic heterocycles. The van der Waals surface area contributed by atoms with E-state index in [2.05, 4.69) is 14.5 Å². The molecule has 0 spiro atoms. The maximum absolute atomic E-state index is 12.8. The van der Waals surface area contributed by atoms with Gasteiger partial charge in [-0.3, -0.25) is 15.0 Å². The number of hydrogen-bond acceptors (Lipinski definition) is 9. The number of nitro benzene ring substituents is 1. The summed E-state index contributed by atoms with van der Waals surface area (Å²) < 4.78 is 41.4. The highest BCUT2D eigenvalue weighted by Crippen LogP contribution is 2.39. The molecular weight excluding hydrogens is 693 g/mol. The van der Waals surface area contributed by atoms with Crippen molar-refractivity contribution in [2.24, 2.45) is 0 Å². The molecular formula is C41H42N4O7S. The average molecular weight is 735 g/mol. The number of ether oxygens (including phenoxy) is 2. The standard InChI is InChI=1S/C41H42N4O7S/c46-29-30-9-11-33(12-10-30)40-26-38(28-43-21-23-44(24-22-43)36-17-19-37(20-18-36)45(47)48)51-41(52-40)34-15-13-32(14-16-34)35-6-4-5-31(25-35)27-42-53(49,50)39-7-2-1-3-8-39/h1-20,25,38,40-42,46H,21-24,26-29H2/t38-,40+,41+/m1/s1. The Kier molecular flexibility index (Phi) is 11.3. The Morgan fingerprint density at radius 2 is 1.45 bits per heavy atom. The monoisotopic (exact) mass is 734 g/mol. The van der Waals surface area contributed by atoms with Gasteiger partial charge in [-0.05, 0) is 58.1 Å². The van der Waals surface area contributed by atoms with Crippen LogP contribution in [0.4, 0.5) is 11.4 Å². The van der Waals surface area contributed by atoms with Gasteiger partial charge in [-0.25, -0.2) is 13.1 Å². The molecule has 12 heteroatoms. The van der Waals surface area contributed by atoms with Crippen molar-refractivity contribution in [3.63, 3.8) is 0 Å². The molecule has 0 saturated carbocycles. The SMILES string of the molecule is O=[N+]([O-])c1ccc(N2CCN(C[C@H]3C[C@@H](c4ccc(CO)cc4)O[C@@H](c4ccc(-c5cccc(CNS(=O)(=O)c6ccccc6)c5)cc4)O3)CC2)cc1. The first-order valence-corrected chi connectivity index (χ1v) is 19.2.